The molecule has 3 nitrogen and oxygen atoms in total. The van der Waals surface area contributed by atoms with Crippen molar-refractivity contribution < 1.29 is 13.9 Å². The topological polar surface area (TPSA) is 41.5 Å². The molecule has 0 bridgehead atoms. The summed E-state index contributed by atoms with van der Waals surface area (Å²) in [5.41, 5.74) is 1.97. The van der Waals surface area contributed by atoms with Crippen LogP contribution in [0.2, 0.25) is 0 Å². The maximum absolute atomic E-state index is 11.9. The zero-order valence-electron chi connectivity index (χ0n) is 8.55. The molecule has 1 aliphatic heterocycles. The lowest BCUT2D eigenvalue weighted by molar-refractivity contribution is -0.211. The molecular weight excluding hydrogens is 211 g/mol. The molecule has 2 rings (SSSR count). The summed E-state index contributed by atoms with van der Waals surface area (Å²) in [5.74, 6) is 1.62. The first-order chi connectivity index (χ1) is 7.23. The van der Waals surface area contributed by atoms with Gasteiger partial charge in [-0.2, -0.15) is 0 Å². The molecule has 1 aromatic carbocycles. The van der Waals surface area contributed by atoms with Gasteiger partial charge in [0.15, 0.2) is 0 Å². The fraction of sp³-hybridized carbons (Fsp3) is 0.273. The van der Waals surface area contributed by atoms with Gasteiger partial charge < -0.3 is 4.89 Å². The number of benzene rings is 1. The van der Waals surface area contributed by atoms with Crippen molar-refractivity contribution in [3.63, 3.8) is 0 Å². The molecular formula is C11H13O3P. The third-order valence-electron chi connectivity index (χ3n) is 2.17. The van der Waals surface area contributed by atoms with E-state index in [2.05, 4.69) is 0 Å². The second kappa shape index (κ2) is 4.42. The van der Waals surface area contributed by atoms with Crippen LogP contribution < -0.4 is 4.89 Å². The van der Waals surface area contributed by atoms with Crippen LogP contribution in [0.1, 0.15) is 12.5 Å². The minimum Gasteiger partial charge on any atom is -0.628 e. The van der Waals surface area contributed by atoms with Gasteiger partial charge in [-0.1, -0.05) is 30.3 Å². The Morgan fingerprint density at radius 3 is 2.80 bits per heavy atom. The van der Waals surface area contributed by atoms with Crippen molar-refractivity contribution in [3.05, 3.63) is 41.7 Å². The highest BCUT2D eigenvalue weighted by Crippen LogP contribution is 2.59. The van der Waals surface area contributed by atoms with Crippen molar-refractivity contribution in [2.45, 2.75) is 6.92 Å². The van der Waals surface area contributed by atoms with Crippen molar-refractivity contribution in [2.75, 3.05) is 13.2 Å². The minimum atomic E-state index is -2.95. The van der Waals surface area contributed by atoms with E-state index in [1.165, 1.54) is 0 Å². The molecule has 0 aromatic heterocycles. The van der Waals surface area contributed by atoms with Gasteiger partial charge in [0, 0.05) is 5.57 Å². The maximum atomic E-state index is 11.9. The third kappa shape index (κ3) is 2.44. The lowest BCUT2D eigenvalue weighted by Gasteiger charge is -2.17. The van der Waals surface area contributed by atoms with Gasteiger partial charge in [0.2, 0.25) is 0 Å². The Labute approximate surface area is 89.9 Å². The van der Waals surface area contributed by atoms with E-state index < -0.39 is 7.94 Å². The number of hydrogen-bond acceptors (Lipinski definition) is 3. The molecule has 1 aliphatic rings. The molecule has 1 heterocycles. The smallest absolute Gasteiger partial charge is 0.264 e. The van der Waals surface area contributed by atoms with Gasteiger partial charge >= 0.3 is 0 Å². The Balaban J connectivity index is 2.20. The molecule has 0 spiro atoms. The standard InChI is InChI=1S/C11H13O3P/c1-2-13-15(12)9-11(8-14-15)10-6-4-3-5-7-10/h3-7,9H,2,8H2,1H3. The van der Waals surface area contributed by atoms with Crippen molar-refractivity contribution in [1.29, 1.82) is 0 Å². The Hall–Kier alpha value is -0.730. The summed E-state index contributed by atoms with van der Waals surface area (Å²) in [6, 6.07) is 9.77. The normalized spacial score (nSPS) is 25.3. The van der Waals surface area contributed by atoms with Crippen LogP contribution in [0.4, 0.5) is 0 Å². The average Bonchev–Trinajstić information content (AvgIpc) is 2.63. The minimum absolute atomic E-state index is 0.362. The van der Waals surface area contributed by atoms with Crippen molar-refractivity contribution in [2.24, 2.45) is 0 Å². The monoisotopic (exact) mass is 224 g/mol. The highest BCUT2D eigenvalue weighted by molar-refractivity contribution is 7.63. The summed E-state index contributed by atoms with van der Waals surface area (Å²) in [6.45, 7) is 2.56. The molecule has 1 unspecified atom stereocenters. The number of hydrogen-bond donors (Lipinski definition) is 0. The summed E-state index contributed by atoms with van der Waals surface area (Å²) in [7, 11) is -2.95. The zero-order chi connectivity index (χ0) is 10.7. The molecule has 4 heteroatoms. The van der Waals surface area contributed by atoms with E-state index in [-0.39, 0.29) is 0 Å². The summed E-state index contributed by atoms with van der Waals surface area (Å²) in [6.07, 6.45) is 0. The second-order valence-electron chi connectivity index (χ2n) is 3.25. The molecule has 0 N–H and O–H groups in total. The largest absolute Gasteiger partial charge is 0.628 e. The Morgan fingerprint density at radius 2 is 2.13 bits per heavy atom. The van der Waals surface area contributed by atoms with Crippen LogP contribution in [0, 0.1) is 0 Å². The zero-order valence-corrected chi connectivity index (χ0v) is 9.44. The van der Waals surface area contributed by atoms with Crippen LogP contribution in [-0.2, 0) is 9.05 Å². The van der Waals surface area contributed by atoms with Gasteiger partial charge in [-0.05, 0) is 12.5 Å². The highest BCUT2D eigenvalue weighted by atomic mass is 31.2. The van der Waals surface area contributed by atoms with E-state index in [1.54, 1.807) is 12.7 Å². The van der Waals surface area contributed by atoms with Crippen molar-refractivity contribution >= 4 is 13.5 Å². The van der Waals surface area contributed by atoms with Crippen LogP contribution >= 0.6 is 7.94 Å². The van der Waals surface area contributed by atoms with Gasteiger partial charge in [-0.25, -0.2) is 9.05 Å². The molecule has 0 saturated heterocycles. The van der Waals surface area contributed by atoms with E-state index >= 15 is 0 Å². The molecule has 0 amide bonds. The fourth-order valence-corrected chi connectivity index (χ4v) is 3.00. The first-order valence-corrected chi connectivity index (χ1v) is 6.51. The fourth-order valence-electron chi connectivity index (χ4n) is 1.49. The van der Waals surface area contributed by atoms with Crippen LogP contribution in [0.15, 0.2) is 36.1 Å². The lowest BCUT2D eigenvalue weighted by atomic mass is 10.1. The van der Waals surface area contributed by atoms with E-state index in [4.69, 9.17) is 9.05 Å². The third-order valence-corrected chi connectivity index (χ3v) is 3.90. The summed E-state index contributed by atoms with van der Waals surface area (Å²) >= 11 is 0. The Bertz CT molecular complexity index is 363. The maximum Gasteiger partial charge on any atom is 0.264 e. The van der Waals surface area contributed by atoms with Gasteiger partial charge in [0.05, 0.1) is 6.61 Å². The molecule has 1 atom stereocenters. The van der Waals surface area contributed by atoms with Crippen LogP contribution in [0.25, 0.3) is 5.57 Å². The highest BCUT2D eigenvalue weighted by Gasteiger charge is 2.34. The Morgan fingerprint density at radius 1 is 1.40 bits per heavy atom. The quantitative estimate of drug-likeness (QED) is 0.739. The SMILES string of the molecule is CCO[P+]1([O-])C=C(c2ccccc2)CO1. The van der Waals surface area contributed by atoms with Crippen LogP contribution in [0.3, 0.4) is 0 Å². The van der Waals surface area contributed by atoms with E-state index in [0.717, 1.165) is 11.1 Å². The predicted molar refractivity (Wildman–Crippen MR) is 58.9 cm³/mol. The molecule has 0 fully saturated rings. The van der Waals surface area contributed by atoms with Gasteiger partial charge in [0.1, 0.15) is 12.4 Å². The molecule has 15 heavy (non-hydrogen) atoms. The van der Waals surface area contributed by atoms with Crippen molar-refractivity contribution in [3.8, 4) is 0 Å². The molecule has 80 valence electrons. The van der Waals surface area contributed by atoms with Gasteiger partial charge in [-0.15, -0.1) is 0 Å². The number of rotatable bonds is 3. The first kappa shape index (κ1) is 10.8. The van der Waals surface area contributed by atoms with E-state index in [9.17, 15) is 4.89 Å². The van der Waals surface area contributed by atoms with Crippen molar-refractivity contribution in [1.82, 2.24) is 0 Å². The van der Waals surface area contributed by atoms with E-state index in [1.807, 2.05) is 30.3 Å². The molecule has 0 aliphatic carbocycles. The van der Waals surface area contributed by atoms with Crippen LogP contribution in [-0.4, -0.2) is 13.2 Å². The summed E-state index contributed by atoms with van der Waals surface area (Å²) < 4.78 is 10.3. The molecule has 0 radical (unpaired) electrons. The first-order valence-electron chi connectivity index (χ1n) is 4.89. The predicted octanol–water partition coefficient (Wildman–Crippen LogP) is 2.22. The summed E-state index contributed by atoms with van der Waals surface area (Å²) in [5, 5.41) is 0. The van der Waals surface area contributed by atoms with Crippen LogP contribution in [0.5, 0.6) is 0 Å². The summed E-state index contributed by atoms with van der Waals surface area (Å²) in [4.78, 5) is 11.9. The second-order valence-corrected chi connectivity index (χ2v) is 5.11. The Kier molecular flexibility index (Phi) is 3.17. The lowest BCUT2D eigenvalue weighted by Crippen LogP contribution is -2.10. The average molecular weight is 224 g/mol. The molecule has 1 aromatic rings. The van der Waals surface area contributed by atoms with E-state index in [0.29, 0.717) is 13.2 Å². The van der Waals surface area contributed by atoms with Gasteiger partial charge in [-0.3, -0.25) is 0 Å². The molecule has 0 saturated carbocycles. The van der Waals surface area contributed by atoms with Gasteiger partial charge in [0.25, 0.3) is 7.94 Å².